The average Bonchev–Trinajstić information content (AvgIpc) is 3.13. The van der Waals surface area contributed by atoms with Gasteiger partial charge in [-0.3, -0.25) is 0 Å². The molecule has 182 valence electrons. The Hall–Kier alpha value is -0.950. The topological polar surface area (TPSA) is 0 Å². The molecule has 0 spiro atoms. The molecular formula is C30H49Hf-9. The maximum absolute atomic E-state index is 2.46. The molecule has 0 fully saturated rings. The minimum atomic E-state index is 0. The predicted molar refractivity (Wildman–Crippen MR) is 146 cm³/mol. The van der Waals surface area contributed by atoms with Gasteiger partial charge in [-0.15, -0.1) is 34.5 Å². The largest absolute Gasteiger partial charge is 0.358 e. The van der Waals surface area contributed by atoms with E-state index in [9.17, 15) is 0 Å². The molecule has 1 aliphatic carbocycles. The fourth-order valence-electron chi connectivity index (χ4n) is 3.74. The third kappa shape index (κ3) is 10.5. The van der Waals surface area contributed by atoms with Crippen LogP contribution >= 0.6 is 0 Å². The second-order valence-corrected chi connectivity index (χ2v) is 8.69. The molecule has 0 aromatic heterocycles. The normalized spacial score (nSPS) is 11.9. The van der Waals surface area contributed by atoms with E-state index in [2.05, 4.69) is 58.9 Å². The molecule has 1 aliphatic rings. The SMILES string of the molecule is CC1(C)Cc2cc3cc[c-](C(C)(C)C)c3cc2C1.[CH3-].[CH3-].[CH3-].[CH3-].[CH3-].[CH3-].[CH3-].[Hf].c1cc[cH-]c1. The molecule has 0 heterocycles. The van der Waals surface area contributed by atoms with Crippen molar-refractivity contribution in [3.63, 3.8) is 0 Å². The molecule has 0 atom stereocenters. The van der Waals surface area contributed by atoms with Crippen molar-refractivity contribution in [1.82, 2.24) is 0 Å². The van der Waals surface area contributed by atoms with Crippen molar-refractivity contribution >= 4 is 10.8 Å². The number of fused-ring (bicyclic) bond motifs is 2. The van der Waals surface area contributed by atoms with E-state index in [0.717, 1.165) is 0 Å². The van der Waals surface area contributed by atoms with Crippen LogP contribution in [-0.2, 0) is 44.1 Å². The average molecular weight is 588 g/mol. The van der Waals surface area contributed by atoms with Gasteiger partial charge >= 0.3 is 0 Å². The minimum Gasteiger partial charge on any atom is -0.358 e. The van der Waals surface area contributed by atoms with Gasteiger partial charge in [0.15, 0.2) is 0 Å². The van der Waals surface area contributed by atoms with Crippen LogP contribution in [-0.4, -0.2) is 0 Å². The fraction of sp³-hybridized carbons (Fsp3) is 0.300. The van der Waals surface area contributed by atoms with Crippen molar-refractivity contribution in [3.05, 3.63) is 123 Å². The maximum Gasteiger partial charge on any atom is 0 e. The van der Waals surface area contributed by atoms with E-state index in [0.29, 0.717) is 5.41 Å². The molecule has 3 aromatic rings. The van der Waals surface area contributed by atoms with Gasteiger partial charge in [-0.1, -0.05) is 45.7 Å². The van der Waals surface area contributed by atoms with Crippen LogP contribution in [0.3, 0.4) is 0 Å². The van der Waals surface area contributed by atoms with Gasteiger partial charge in [0.2, 0.25) is 0 Å². The molecule has 1 heteroatoms. The summed E-state index contributed by atoms with van der Waals surface area (Å²) in [5.41, 5.74) is 5.32. The van der Waals surface area contributed by atoms with E-state index in [1.807, 2.05) is 30.3 Å². The van der Waals surface area contributed by atoms with Crippen molar-refractivity contribution in [3.8, 4) is 0 Å². The molecule has 0 bridgehead atoms. The zero-order chi connectivity index (χ0) is 16.7. The molecule has 0 nitrogen and oxygen atoms in total. The standard InChI is InChI=1S/C18H23.C5H5.7CH3.Hf/c1-17(2,3)16-7-6-12-8-13-10-18(4,5)11-14(13)9-15(12)16;1-2-4-5-3-1;;;;;;;;/h6-9H,10-11H2,1-5H3;1-5H;7*1H3;/q9*-1;. The summed E-state index contributed by atoms with van der Waals surface area (Å²) in [5.74, 6) is 0. The summed E-state index contributed by atoms with van der Waals surface area (Å²) in [6.07, 6.45) is 2.46. The van der Waals surface area contributed by atoms with Gasteiger partial charge in [0, 0.05) is 25.8 Å². The van der Waals surface area contributed by atoms with Crippen LogP contribution < -0.4 is 0 Å². The van der Waals surface area contributed by atoms with Crippen LogP contribution in [0.4, 0.5) is 0 Å². The Morgan fingerprint density at radius 3 is 1.65 bits per heavy atom. The van der Waals surface area contributed by atoms with Gasteiger partial charge in [-0.05, 0) is 23.7 Å². The fourth-order valence-corrected chi connectivity index (χ4v) is 3.74. The first-order valence-electron chi connectivity index (χ1n) is 8.65. The minimum absolute atomic E-state index is 0. The Bertz CT molecular complexity index is 763. The summed E-state index contributed by atoms with van der Waals surface area (Å²) >= 11 is 0. The van der Waals surface area contributed by atoms with E-state index >= 15 is 0 Å². The van der Waals surface area contributed by atoms with Crippen LogP contribution in [0, 0.1) is 57.4 Å². The van der Waals surface area contributed by atoms with Crippen molar-refractivity contribution in [1.29, 1.82) is 0 Å². The number of benzene rings is 1. The van der Waals surface area contributed by atoms with E-state index < -0.39 is 0 Å². The first kappa shape index (κ1) is 43.8. The van der Waals surface area contributed by atoms with Crippen LogP contribution in [0.1, 0.15) is 51.3 Å². The Labute approximate surface area is 217 Å². The summed E-state index contributed by atoms with van der Waals surface area (Å²) in [6.45, 7) is 11.7. The van der Waals surface area contributed by atoms with Crippen molar-refractivity contribution in [2.45, 2.75) is 52.9 Å². The van der Waals surface area contributed by atoms with Crippen molar-refractivity contribution in [2.75, 3.05) is 0 Å². The second kappa shape index (κ2) is 16.7. The molecule has 0 saturated carbocycles. The summed E-state index contributed by atoms with van der Waals surface area (Å²) in [6, 6.07) is 19.5. The van der Waals surface area contributed by atoms with E-state index in [1.54, 1.807) is 11.1 Å². The Morgan fingerprint density at radius 1 is 0.806 bits per heavy atom. The molecule has 0 aliphatic heterocycles. The molecule has 4 rings (SSSR count). The summed E-state index contributed by atoms with van der Waals surface area (Å²) < 4.78 is 0. The zero-order valence-electron chi connectivity index (χ0n) is 22.6. The third-order valence-corrected chi connectivity index (χ3v) is 4.79. The van der Waals surface area contributed by atoms with Crippen LogP contribution in [0.15, 0.2) is 54.6 Å². The Morgan fingerprint density at radius 2 is 1.26 bits per heavy atom. The third-order valence-electron chi connectivity index (χ3n) is 4.79. The summed E-state index contributed by atoms with van der Waals surface area (Å²) in [5, 5.41) is 2.90. The van der Waals surface area contributed by atoms with Gasteiger partial charge < -0.3 is 52.0 Å². The first-order valence-corrected chi connectivity index (χ1v) is 8.65. The monoisotopic (exact) mass is 589 g/mol. The van der Waals surface area contributed by atoms with Gasteiger partial charge in [-0.25, -0.2) is 12.1 Å². The quantitative estimate of drug-likeness (QED) is 0.181. The number of hydrogen-bond acceptors (Lipinski definition) is 0. The van der Waals surface area contributed by atoms with Crippen molar-refractivity contribution < 1.29 is 25.8 Å². The Kier molecular flexibility index (Phi) is 23.5. The van der Waals surface area contributed by atoms with Crippen LogP contribution in [0.2, 0.25) is 0 Å². The molecule has 0 saturated heterocycles. The molecule has 0 amide bonds. The van der Waals surface area contributed by atoms with Gasteiger partial charge in [-0.2, -0.15) is 24.3 Å². The zero-order valence-corrected chi connectivity index (χ0v) is 26.2. The number of hydrogen-bond donors (Lipinski definition) is 0. The second-order valence-electron chi connectivity index (χ2n) is 8.69. The predicted octanol–water partition coefficient (Wildman–Crippen LogP) is 9.54. The van der Waals surface area contributed by atoms with E-state index in [-0.39, 0.29) is 83.2 Å². The molecular weight excluding hydrogens is 539 g/mol. The van der Waals surface area contributed by atoms with Crippen LogP contribution in [0.5, 0.6) is 0 Å². The first-order chi connectivity index (χ1) is 10.8. The molecule has 31 heavy (non-hydrogen) atoms. The van der Waals surface area contributed by atoms with Crippen molar-refractivity contribution in [2.24, 2.45) is 5.41 Å². The van der Waals surface area contributed by atoms with Gasteiger partial charge in [0.1, 0.15) is 0 Å². The van der Waals surface area contributed by atoms with E-state index in [4.69, 9.17) is 0 Å². The summed E-state index contributed by atoms with van der Waals surface area (Å²) in [7, 11) is 0. The van der Waals surface area contributed by atoms with E-state index in [1.165, 1.54) is 29.2 Å². The summed E-state index contributed by atoms with van der Waals surface area (Å²) in [4.78, 5) is 0. The smallest absolute Gasteiger partial charge is 0 e. The van der Waals surface area contributed by atoms with Crippen LogP contribution in [0.25, 0.3) is 10.8 Å². The molecule has 0 N–H and O–H groups in total. The van der Waals surface area contributed by atoms with Gasteiger partial charge in [0.05, 0.1) is 0 Å². The Balaban J connectivity index is -0.000000108. The number of rotatable bonds is 0. The molecule has 0 unspecified atom stereocenters. The molecule has 3 aromatic carbocycles. The maximum atomic E-state index is 2.46. The molecule has 0 radical (unpaired) electrons. The van der Waals surface area contributed by atoms with Gasteiger partial charge in [0.25, 0.3) is 0 Å².